The van der Waals surface area contributed by atoms with Gasteiger partial charge in [0.1, 0.15) is 11.4 Å². The number of aryl methyl sites for hydroxylation is 1. The van der Waals surface area contributed by atoms with E-state index in [-0.39, 0.29) is 5.56 Å². The Morgan fingerprint density at radius 1 is 1.22 bits per heavy atom. The molecule has 0 radical (unpaired) electrons. The topological polar surface area (TPSA) is 37.3 Å². The third-order valence-corrected chi connectivity index (χ3v) is 3.46. The highest BCUT2D eigenvalue weighted by Crippen LogP contribution is 2.32. The van der Waals surface area contributed by atoms with Gasteiger partial charge in [-0.15, -0.1) is 0 Å². The summed E-state index contributed by atoms with van der Waals surface area (Å²) in [5.41, 5.74) is 0.803. The molecule has 0 aliphatic rings. The summed E-state index contributed by atoms with van der Waals surface area (Å²) < 4.78 is 13.5. The van der Waals surface area contributed by atoms with Gasteiger partial charge in [-0.25, -0.2) is 9.18 Å². The van der Waals surface area contributed by atoms with Crippen molar-refractivity contribution in [3.8, 4) is 0 Å². The highest BCUT2D eigenvalue weighted by molar-refractivity contribution is 7.99. The molecule has 0 bridgehead atoms. The number of benzene rings is 2. The molecule has 92 valence electrons. The summed E-state index contributed by atoms with van der Waals surface area (Å²) in [5, 5.41) is 9.03. The van der Waals surface area contributed by atoms with Gasteiger partial charge >= 0.3 is 5.97 Å². The molecular formula is C14H11FO2S. The number of carboxylic acid groups (broad SMARTS) is 1. The molecule has 0 spiro atoms. The zero-order chi connectivity index (χ0) is 13.1. The van der Waals surface area contributed by atoms with E-state index in [9.17, 15) is 9.18 Å². The van der Waals surface area contributed by atoms with Crippen molar-refractivity contribution in [3.05, 3.63) is 59.4 Å². The summed E-state index contributed by atoms with van der Waals surface area (Å²) >= 11 is 1.25. The van der Waals surface area contributed by atoms with E-state index in [2.05, 4.69) is 0 Å². The van der Waals surface area contributed by atoms with Crippen LogP contribution in [0.5, 0.6) is 0 Å². The van der Waals surface area contributed by atoms with E-state index < -0.39 is 11.8 Å². The summed E-state index contributed by atoms with van der Waals surface area (Å²) in [6.45, 7) is 1.95. The minimum Gasteiger partial charge on any atom is -0.478 e. The lowest BCUT2D eigenvalue weighted by molar-refractivity contribution is 0.0688. The molecule has 0 fully saturated rings. The first-order chi connectivity index (χ1) is 8.58. The van der Waals surface area contributed by atoms with Crippen molar-refractivity contribution < 1.29 is 14.3 Å². The molecule has 2 nitrogen and oxygen atoms in total. The van der Waals surface area contributed by atoms with Crippen LogP contribution < -0.4 is 0 Å². The normalized spacial score (nSPS) is 10.3. The quantitative estimate of drug-likeness (QED) is 0.909. The average molecular weight is 262 g/mol. The highest BCUT2D eigenvalue weighted by Gasteiger charge is 2.16. The standard InChI is InChI=1S/C14H11FO2S/c1-9-4-2-5-10(8-9)18-12-7-3-6-11(15)13(12)14(16)17/h2-8H,1H3,(H,16,17). The van der Waals surface area contributed by atoms with Crippen LogP contribution in [0.2, 0.25) is 0 Å². The number of hydrogen-bond donors (Lipinski definition) is 1. The first-order valence-corrected chi connectivity index (χ1v) is 6.16. The molecule has 0 saturated carbocycles. The molecule has 0 unspecified atom stereocenters. The monoisotopic (exact) mass is 262 g/mol. The number of rotatable bonds is 3. The van der Waals surface area contributed by atoms with Crippen molar-refractivity contribution in [2.24, 2.45) is 0 Å². The zero-order valence-electron chi connectivity index (χ0n) is 9.68. The molecule has 2 aromatic carbocycles. The first kappa shape index (κ1) is 12.6. The first-order valence-electron chi connectivity index (χ1n) is 5.34. The van der Waals surface area contributed by atoms with Gasteiger partial charge in [-0.1, -0.05) is 35.5 Å². The molecule has 1 N–H and O–H groups in total. The van der Waals surface area contributed by atoms with Gasteiger partial charge in [0, 0.05) is 9.79 Å². The smallest absolute Gasteiger partial charge is 0.339 e. The maximum atomic E-state index is 13.5. The van der Waals surface area contributed by atoms with Gasteiger partial charge in [-0.05, 0) is 31.2 Å². The fraction of sp³-hybridized carbons (Fsp3) is 0.0714. The van der Waals surface area contributed by atoms with E-state index in [1.54, 1.807) is 6.07 Å². The number of hydrogen-bond acceptors (Lipinski definition) is 2. The summed E-state index contributed by atoms with van der Waals surface area (Å²) in [4.78, 5) is 12.3. The van der Waals surface area contributed by atoms with E-state index >= 15 is 0 Å². The predicted molar refractivity (Wildman–Crippen MR) is 68.7 cm³/mol. The third kappa shape index (κ3) is 2.71. The Labute approximate surface area is 108 Å². The fourth-order valence-corrected chi connectivity index (χ4v) is 2.68. The van der Waals surface area contributed by atoms with Crippen LogP contribution in [0.25, 0.3) is 0 Å². The van der Waals surface area contributed by atoms with Gasteiger partial charge in [-0.3, -0.25) is 0 Å². The Morgan fingerprint density at radius 2 is 1.94 bits per heavy atom. The minimum absolute atomic E-state index is 0.274. The Hall–Kier alpha value is -1.81. The molecule has 0 aromatic heterocycles. The molecule has 0 heterocycles. The largest absolute Gasteiger partial charge is 0.478 e. The van der Waals surface area contributed by atoms with Crippen molar-refractivity contribution in [1.29, 1.82) is 0 Å². The van der Waals surface area contributed by atoms with Crippen molar-refractivity contribution in [2.45, 2.75) is 16.7 Å². The van der Waals surface area contributed by atoms with Crippen LogP contribution in [-0.2, 0) is 0 Å². The summed E-state index contributed by atoms with van der Waals surface area (Å²) in [5.74, 6) is -1.96. The number of carbonyl (C=O) groups is 1. The van der Waals surface area contributed by atoms with Crippen LogP contribution in [0.1, 0.15) is 15.9 Å². The summed E-state index contributed by atoms with van der Waals surface area (Å²) in [7, 11) is 0. The van der Waals surface area contributed by atoms with Crippen molar-refractivity contribution in [2.75, 3.05) is 0 Å². The van der Waals surface area contributed by atoms with E-state index in [1.807, 2.05) is 31.2 Å². The van der Waals surface area contributed by atoms with Gasteiger partial charge in [0.2, 0.25) is 0 Å². The van der Waals surface area contributed by atoms with E-state index in [0.717, 1.165) is 16.5 Å². The van der Waals surface area contributed by atoms with E-state index in [4.69, 9.17) is 5.11 Å². The highest BCUT2D eigenvalue weighted by atomic mass is 32.2. The molecule has 4 heteroatoms. The summed E-state index contributed by atoms with van der Waals surface area (Å²) in [6.07, 6.45) is 0. The van der Waals surface area contributed by atoms with E-state index in [1.165, 1.54) is 17.8 Å². The van der Waals surface area contributed by atoms with Gasteiger partial charge in [-0.2, -0.15) is 0 Å². The SMILES string of the molecule is Cc1cccc(Sc2cccc(F)c2C(=O)O)c1. The maximum absolute atomic E-state index is 13.5. The van der Waals surface area contributed by atoms with Crippen LogP contribution in [0.15, 0.2) is 52.3 Å². The van der Waals surface area contributed by atoms with E-state index in [0.29, 0.717) is 4.90 Å². The van der Waals surface area contributed by atoms with Crippen LogP contribution in [0.4, 0.5) is 4.39 Å². The van der Waals surface area contributed by atoms with Crippen molar-refractivity contribution in [3.63, 3.8) is 0 Å². The Bertz CT molecular complexity index is 596. The lowest BCUT2D eigenvalue weighted by atomic mass is 10.2. The molecule has 0 aliphatic carbocycles. The lowest BCUT2D eigenvalue weighted by Gasteiger charge is -2.07. The zero-order valence-corrected chi connectivity index (χ0v) is 10.5. The van der Waals surface area contributed by atoms with Crippen LogP contribution in [-0.4, -0.2) is 11.1 Å². The molecule has 2 aromatic rings. The molecule has 18 heavy (non-hydrogen) atoms. The summed E-state index contributed by atoms with van der Waals surface area (Å²) in [6, 6.07) is 11.9. The van der Waals surface area contributed by atoms with Crippen LogP contribution in [0, 0.1) is 12.7 Å². The van der Waals surface area contributed by atoms with Crippen molar-refractivity contribution in [1.82, 2.24) is 0 Å². The predicted octanol–water partition coefficient (Wildman–Crippen LogP) is 3.98. The fourth-order valence-electron chi connectivity index (χ4n) is 1.60. The second kappa shape index (κ2) is 5.23. The van der Waals surface area contributed by atoms with Gasteiger partial charge in [0.15, 0.2) is 0 Å². The number of carboxylic acids is 1. The second-order valence-electron chi connectivity index (χ2n) is 3.84. The van der Waals surface area contributed by atoms with Gasteiger partial charge < -0.3 is 5.11 Å². The Balaban J connectivity index is 2.40. The molecule has 0 amide bonds. The average Bonchev–Trinajstić information content (AvgIpc) is 2.28. The molecule has 2 rings (SSSR count). The second-order valence-corrected chi connectivity index (χ2v) is 4.95. The minimum atomic E-state index is -1.25. The molecule has 0 saturated heterocycles. The van der Waals surface area contributed by atoms with Crippen molar-refractivity contribution >= 4 is 17.7 Å². The molecular weight excluding hydrogens is 251 g/mol. The Morgan fingerprint density at radius 3 is 2.61 bits per heavy atom. The van der Waals surface area contributed by atoms with Gasteiger partial charge in [0.25, 0.3) is 0 Å². The Kier molecular flexibility index (Phi) is 3.67. The van der Waals surface area contributed by atoms with Crippen LogP contribution >= 0.6 is 11.8 Å². The van der Waals surface area contributed by atoms with Gasteiger partial charge in [0.05, 0.1) is 0 Å². The third-order valence-electron chi connectivity index (χ3n) is 2.41. The maximum Gasteiger partial charge on any atom is 0.339 e. The molecule has 0 atom stereocenters. The number of halogens is 1. The lowest BCUT2D eigenvalue weighted by Crippen LogP contribution is -2.02. The van der Waals surface area contributed by atoms with Crippen LogP contribution in [0.3, 0.4) is 0 Å². The molecule has 0 aliphatic heterocycles. The number of aromatic carboxylic acids is 1.